The highest BCUT2D eigenvalue weighted by molar-refractivity contribution is 6.16. The molecule has 1 amide bonds. The third-order valence-electron chi connectivity index (χ3n) is 2.11. The molecule has 0 bridgehead atoms. The molecule has 1 aromatic rings. The van der Waals surface area contributed by atoms with Gasteiger partial charge in [-0.1, -0.05) is 0 Å². The molecule has 4 nitrogen and oxygen atoms in total. The average Bonchev–Trinajstić information content (AvgIpc) is 2.48. The summed E-state index contributed by atoms with van der Waals surface area (Å²) in [7, 11) is 0. The number of nitrogens with zero attached hydrogens (tertiary/aromatic N) is 2. The van der Waals surface area contributed by atoms with Crippen molar-refractivity contribution in [2.75, 3.05) is 0 Å². The number of imidazole rings is 1. The fourth-order valence-electron chi connectivity index (χ4n) is 1.48. The molecule has 5 heteroatoms. The van der Waals surface area contributed by atoms with E-state index in [0.717, 1.165) is 5.69 Å². The van der Waals surface area contributed by atoms with Crippen LogP contribution < -0.4 is 5.73 Å². The van der Waals surface area contributed by atoms with Crippen LogP contribution in [0.1, 0.15) is 26.0 Å². The van der Waals surface area contributed by atoms with Crippen LogP contribution in [0.4, 0.5) is 0 Å². The van der Waals surface area contributed by atoms with E-state index >= 15 is 0 Å². The Balaban J connectivity index is 2.96. The molecule has 0 aliphatic carbocycles. The number of primary amides is 1. The summed E-state index contributed by atoms with van der Waals surface area (Å²) >= 11 is 5.74. The van der Waals surface area contributed by atoms with E-state index in [1.54, 1.807) is 12.5 Å². The maximum absolute atomic E-state index is 10.9. The molecule has 0 spiro atoms. The van der Waals surface area contributed by atoms with Crippen molar-refractivity contribution in [3.05, 3.63) is 18.2 Å². The maximum atomic E-state index is 10.9. The summed E-state index contributed by atoms with van der Waals surface area (Å²) in [4.78, 5) is 14.9. The van der Waals surface area contributed by atoms with E-state index in [0.29, 0.717) is 5.88 Å². The van der Waals surface area contributed by atoms with E-state index in [9.17, 15) is 4.79 Å². The average molecular weight is 216 g/mol. The summed E-state index contributed by atoms with van der Waals surface area (Å²) in [5, 5.41) is 0. The molecule has 0 aliphatic rings. The largest absolute Gasteiger partial charge is 0.370 e. The quantitative estimate of drug-likeness (QED) is 0.768. The molecule has 0 aliphatic heterocycles. The standard InChI is InChI=1S/C9H14ClN3O/c1-9(2,3-8(11)14)13-6-12-5-7(13)4-10/h5-6H,3-4H2,1-2H3,(H2,11,14). The van der Waals surface area contributed by atoms with Crippen LogP contribution in [0.5, 0.6) is 0 Å². The third kappa shape index (κ3) is 2.26. The molecule has 0 saturated carbocycles. The first kappa shape index (κ1) is 11.0. The van der Waals surface area contributed by atoms with Crippen LogP contribution in [0.3, 0.4) is 0 Å². The lowest BCUT2D eigenvalue weighted by Gasteiger charge is -2.26. The zero-order chi connectivity index (χ0) is 10.8. The van der Waals surface area contributed by atoms with Crippen molar-refractivity contribution in [2.24, 2.45) is 5.73 Å². The Hall–Kier alpha value is -1.03. The maximum Gasteiger partial charge on any atom is 0.219 e. The number of carbonyl (C=O) groups is 1. The number of hydrogen-bond donors (Lipinski definition) is 1. The summed E-state index contributed by atoms with van der Waals surface area (Å²) in [6.07, 6.45) is 3.63. The second-order valence-corrected chi connectivity index (χ2v) is 4.11. The third-order valence-corrected chi connectivity index (χ3v) is 2.38. The molecular formula is C9H14ClN3O. The fraction of sp³-hybridized carbons (Fsp3) is 0.556. The Bertz CT molecular complexity index is 333. The number of carbonyl (C=O) groups excluding carboxylic acids is 1. The molecule has 0 fully saturated rings. The minimum Gasteiger partial charge on any atom is -0.370 e. The van der Waals surface area contributed by atoms with Crippen molar-refractivity contribution in [3.8, 4) is 0 Å². The van der Waals surface area contributed by atoms with E-state index in [4.69, 9.17) is 17.3 Å². The van der Waals surface area contributed by atoms with Gasteiger partial charge in [0.2, 0.25) is 5.91 Å². The van der Waals surface area contributed by atoms with E-state index in [1.165, 1.54) is 0 Å². The summed E-state index contributed by atoms with van der Waals surface area (Å²) < 4.78 is 1.88. The molecule has 1 aromatic heterocycles. The van der Waals surface area contributed by atoms with Crippen LogP contribution in [0.15, 0.2) is 12.5 Å². The first-order chi connectivity index (χ1) is 6.47. The van der Waals surface area contributed by atoms with Crippen LogP contribution in [0, 0.1) is 0 Å². The van der Waals surface area contributed by atoms with Crippen molar-refractivity contribution in [3.63, 3.8) is 0 Å². The van der Waals surface area contributed by atoms with Gasteiger partial charge >= 0.3 is 0 Å². The molecular weight excluding hydrogens is 202 g/mol. The molecule has 0 unspecified atom stereocenters. The molecule has 14 heavy (non-hydrogen) atoms. The van der Waals surface area contributed by atoms with Gasteiger partial charge in [-0.15, -0.1) is 11.6 Å². The van der Waals surface area contributed by atoms with E-state index < -0.39 is 0 Å². The topological polar surface area (TPSA) is 60.9 Å². The Morgan fingerprint density at radius 1 is 1.71 bits per heavy atom. The number of amides is 1. The summed E-state index contributed by atoms with van der Waals surface area (Å²) in [6.45, 7) is 3.85. The van der Waals surface area contributed by atoms with Crippen LogP contribution in [-0.2, 0) is 16.2 Å². The predicted octanol–water partition coefficient (Wildman–Crippen LogP) is 1.23. The van der Waals surface area contributed by atoms with Gasteiger partial charge in [0.25, 0.3) is 0 Å². The highest BCUT2D eigenvalue weighted by Gasteiger charge is 2.24. The number of aromatic nitrogens is 2. The van der Waals surface area contributed by atoms with E-state index in [2.05, 4.69) is 4.98 Å². The van der Waals surface area contributed by atoms with Gasteiger partial charge in [-0.2, -0.15) is 0 Å². The van der Waals surface area contributed by atoms with Gasteiger partial charge in [0.1, 0.15) is 0 Å². The van der Waals surface area contributed by atoms with Crippen LogP contribution in [0.2, 0.25) is 0 Å². The lowest BCUT2D eigenvalue weighted by molar-refractivity contribution is -0.119. The van der Waals surface area contributed by atoms with Crippen molar-refractivity contribution in [2.45, 2.75) is 31.7 Å². The highest BCUT2D eigenvalue weighted by atomic mass is 35.5. The minimum atomic E-state index is -0.368. The Morgan fingerprint density at radius 2 is 2.36 bits per heavy atom. The van der Waals surface area contributed by atoms with E-state index in [1.807, 2.05) is 18.4 Å². The number of hydrogen-bond acceptors (Lipinski definition) is 2. The zero-order valence-corrected chi connectivity index (χ0v) is 9.08. The molecule has 2 N–H and O–H groups in total. The summed E-state index contributed by atoms with van der Waals surface area (Å²) in [5.41, 5.74) is 5.69. The number of halogens is 1. The van der Waals surface area contributed by atoms with Gasteiger partial charge in [-0.25, -0.2) is 4.98 Å². The lowest BCUT2D eigenvalue weighted by atomic mass is 10.00. The second-order valence-electron chi connectivity index (χ2n) is 3.84. The van der Waals surface area contributed by atoms with Crippen molar-refractivity contribution < 1.29 is 4.79 Å². The van der Waals surface area contributed by atoms with Gasteiger partial charge in [0.15, 0.2) is 0 Å². The molecule has 0 aromatic carbocycles. The second kappa shape index (κ2) is 4.00. The van der Waals surface area contributed by atoms with Crippen molar-refractivity contribution in [1.29, 1.82) is 0 Å². The zero-order valence-electron chi connectivity index (χ0n) is 8.33. The molecule has 78 valence electrons. The van der Waals surface area contributed by atoms with Crippen molar-refractivity contribution in [1.82, 2.24) is 9.55 Å². The van der Waals surface area contributed by atoms with Gasteiger partial charge < -0.3 is 10.3 Å². The monoisotopic (exact) mass is 215 g/mol. The van der Waals surface area contributed by atoms with Gasteiger partial charge in [0.05, 0.1) is 17.9 Å². The van der Waals surface area contributed by atoms with Gasteiger partial charge in [0, 0.05) is 18.2 Å². The van der Waals surface area contributed by atoms with Crippen LogP contribution in [0.25, 0.3) is 0 Å². The summed E-state index contributed by atoms with van der Waals surface area (Å²) in [6, 6.07) is 0. The molecule has 0 saturated heterocycles. The minimum absolute atomic E-state index is 0.271. The van der Waals surface area contributed by atoms with Crippen molar-refractivity contribution >= 4 is 17.5 Å². The normalized spacial score (nSPS) is 11.6. The number of rotatable bonds is 4. The lowest BCUT2D eigenvalue weighted by Crippen LogP contribution is -2.32. The Kier molecular flexibility index (Phi) is 3.16. The predicted molar refractivity (Wildman–Crippen MR) is 54.9 cm³/mol. The summed E-state index contributed by atoms with van der Waals surface area (Å²) in [5.74, 6) is 0.0478. The van der Waals surface area contributed by atoms with Crippen LogP contribution >= 0.6 is 11.6 Å². The smallest absolute Gasteiger partial charge is 0.219 e. The van der Waals surface area contributed by atoms with Gasteiger partial charge in [-0.3, -0.25) is 4.79 Å². The molecule has 1 rings (SSSR count). The van der Waals surface area contributed by atoms with Gasteiger partial charge in [-0.05, 0) is 13.8 Å². The SMILES string of the molecule is CC(C)(CC(N)=O)n1cncc1CCl. The first-order valence-electron chi connectivity index (χ1n) is 4.33. The molecule has 1 heterocycles. The van der Waals surface area contributed by atoms with E-state index in [-0.39, 0.29) is 17.9 Å². The Labute approximate surface area is 88.1 Å². The number of nitrogens with two attached hydrogens (primary N) is 1. The first-order valence-corrected chi connectivity index (χ1v) is 4.87. The molecule has 0 atom stereocenters. The van der Waals surface area contributed by atoms with Crippen LogP contribution in [-0.4, -0.2) is 15.5 Å². The number of alkyl halides is 1. The molecule has 0 radical (unpaired) electrons. The highest BCUT2D eigenvalue weighted by Crippen LogP contribution is 2.22. The fourth-order valence-corrected chi connectivity index (χ4v) is 1.68. The Morgan fingerprint density at radius 3 is 2.86 bits per heavy atom.